The lowest BCUT2D eigenvalue weighted by Gasteiger charge is -2.43. The highest BCUT2D eigenvalue weighted by Crippen LogP contribution is 2.36. The van der Waals surface area contributed by atoms with Gasteiger partial charge in [-0.3, -0.25) is 5.41 Å². The van der Waals surface area contributed by atoms with Gasteiger partial charge in [-0.2, -0.15) is 0 Å². The Kier molecular flexibility index (Phi) is 5.47. The smallest absolute Gasteiger partial charge is 0.104 e. The molecule has 1 unspecified atom stereocenters. The van der Waals surface area contributed by atoms with E-state index < -0.39 is 11.0 Å². The molecule has 0 radical (unpaired) electrons. The normalized spacial score (nSPS) is 15.7. The first-order chi connectivity index (χ1) is 7.20. The van der Waals surface area contributed by atoms with Gasteiger partial charge >= 0.3 is 0 Å². The first kappa shape index (κ1) is 15.4. The monoisotopic (exact) mass is 228 g/mol. The Bertz CT molecular complexity index is 234. The van der Waals surface area contributed by atoms with E-state index in [4.69, 9.17) is 5.41 Å². The summed E-state index contributed by atoms with van der Waals surface area (Å²) in [6, 6.07) is 0. The van der Waals surface area contributed by atoms with E-state index in [1.807, 2.05) is 32.7 Å². The minimum Gasteiger partial charge on any atom is -0.389 e. The summed E-state index contributed by atoms with van der Waals surface area (Å²) in [6.45, 7) is 10.8. The second-order valence-electron chi connectivity index (χ2n) is 5.42. The Hall–Kier alpha value is -0.570. The van der Waals surface area contributed by atoms with Gasteiger partial charge in [0.25, 0.3) is 0 Å². The van der Waals surface area contributed by atoms with Crippen molar-refractivity contribution in [2.45, 2.75) is 59.5 Å². The van der Waals surface area contributed by atoms with Gasteiger partial charge in [0.1, 0.15) is 5.84 Å². The molecule has 0 heterocycles. The second-order valence-corrected chi connectivity index (χ2v) is 5.42. The van der Waals surface area contributed by atoms with Crippen molar-refractivity contribution < 1.29 is 5.11 Å². The Balaban J connectivity index is 4.82. The van der Waals surface area contributed by atoms with Crippen LogP contribution in [0.25, 0.3) is 0 Å². The van der Waals surface area contributed by atoms with Crippen molar-refractivity contribution in [1.29, 1.82) is 5.41 Å². The summed E-state index contributed by atoms with van der Waals surface area (Å²) in [5.74, 6) is 0.521. The SMILES string of the molecule is CCCN(C)C(=N)C(C)(C)C(C)(O)CCC. The summed E-state index contributed by atoms with van der Waals surface area (Å²) in [7, 11) is 1.93. The molecule has 0 aliphatic rings. The average molecular weight is 228 g/mol. The fourth-order valence-electron chi connectivity index (χ4n) is 1.98. The van der Waals surface area contributed by atoms with Crippen LogP contribution < -0.4 is 0 Å². The molecule has 3 nitrogen and oxygen atoms in total. The van der Waals surface area contributed by atoms with Gasteiger partial charge in [-0.15, -0.1) is 0 Å². The van der Waals surface area contributed by atoms with Crippen LogP contribution in [0, 0.1) is 10.8 Å². The predicted octanol–water partition coefficient (Wildman–Crippen LogP) is 2.88. The zero-order chi connectivity index (χ0) is 13.0. The highest BCUT2D eigenvalue weighted by molar-refractivity contribution is 5.85. The van der Waals surface area contributed by atoms with Gasteiger partial charge in [-0.05, 0) is 19.8 Å². The molecule has 0 saturated heterocycles. The Morgan fingerprint density at radius 1 is 1.19 bits per heavy atom. The van der Waals surface area contributed by atoms with Crippen LogP contribution in [0.1, 0.15) is 53.9 Å². The van der Waals surface area contributed by atoms with Gasteiger partial charge in [0.05, 0.1) is 11.0 Å². The van der Waals surface area contributed by atoms with Crippen LogP contribution in [0.5, 0.6) is 0 Å². The molecule has 0 aromatic rings. The maximum absolute atomic E-state index is 10.5. The minimum absolute atomic E-state index is 0.507. The van der Waals surface area contributed by atoms with E-state index in [2.05, 4.69) is 13.8 Å². The summed E-state index contributed by atoms with van der Waals surface area (Å²) >= 11 is 0. The van der Waals surface area contributed by atoms with Crippen LogP contribution >= 0.6 is 0 Å². The van der Waals surface area contributed by atoms with Crippen molar-refractivity contribution >= 4 is 5.84 Å². The largest absolute Gasteiger partial charge is 0.389 e. The lowest BCUT2D eigenvalue weighted by atomic mass is 9.72. The Labute approximate surface area is 100 Å². The van der Waals surface area contributed by atoms with E-state index in [1.165, 1.54) is 0 Å². The maximum Gasteiger partial charge on any atom is 0.104 e. The maximum atomic E-state index is 10.5. The molecule has 0 rings (SSSR count). The van der Waals surface area contributed by atoms with Crippen LogP contribution in [0.2, 0.25) is 0 Å². The summed E-state index contributed by atoms with van der Waals surface area (Å²) in [5, 5.41) is 18.7. The van der Waals surface area contributed by atoms with Crippen molar-refractivity contribution in [2.24, 2.45) is 5.41 Å². The zero-order valence-electron chi connectivity index (χ0n) is 11.7. The summed E-state index contributed by atoms with van der Waals surface area (Å²) < 4.78 is 0. The summed E-state index contributed by atoms with van der Waals surface area (Å²) in [6.07, 6.45) is 2.68. The number of nitrogens with one attached hydrogen (secondary N) is 1. The topological polar surface area (TPSA) is 47.3 Å². The lowest BCUT2D eigenvalue weighted by molar-refractivity contribution is -0.0280. The summed E-state index contributed by atoms with van der Waals surface area (Å²) in [5.41, 5.74) is -1.33. The molecule has 0 bridgehead atoms. The molecule has 3 heteroatoms. The first-order valence-electron chi connectivity index (χ1n) is 6.23. The van der Waals surface area contributed by atoms with E-state index in [1.54, 1.807) is 0 Å². The fourth-order valence-corrected chi connectivity index (χ4v) is 1.98. The second kappa shape index (κ2) is 5.67. The quantitative estimate of drug-likeness (QED) is 0.542. The Morgan fingerprint density at radius 2 is 1.69 bits per heavy atom. The van der Waals surface area contributed by atoms with Crippen molar-refractivity contribution in [2.75, 3.05) is 13.6 Å². The van der Waals surface area contributed by atoms with Crippen molar-refractivity contribution in [3.8, 4) is 0 Å². The third-order valence-electron chi connectivity index (χ3n) is 3.62. The molecule has 0 spiro atoms. The molecule has 0 aliphatic carbocycles. The van der Waals surface area contributed by atoms with Crippen LogP contribution in [0.15, 0.2) is 0 Å². The average Bonchev–Trinajstić information content (AvgIpc) is 2.16. The van der Waals surface area contributed by atoms with Crippen LogP contribution in [0.4, 0.5) is 0 Å². The van der Waals surface area contributed by atoms with E-state index in [0.29, 0.717) is 5.84 Å². The standard InChI is InChI=1S/C13H28N2O/c1-7-9-13(5,16)12(3,4)11(14)15(6)10-8-2/h14,16H,7-10H2,1-6H3. The van der Waals surface area contributed by atoms with E-state index in [0.717, 1.165) is 25.8 Å². The van der Waals surface area contributed by atoms with Crippen LogP contribution in [-0.4, -0.2) is 35.0 Å². The molecule has 0 fully saturated rings. The van der Waals surface area contributed by atoms with Gasteiger partial charge in [0.2, 0.25) is 0 Å². The molecule has 0 aromatic heterocycles. The molecule has 1 atom stereocenters. The molecule has 0 aromatic carbocycles. The fraction of sp³-hybridized carbons (Fsp3) is 0.923. The predicted molar refractivity (Wildman–Crippen MR) is 70.0 cm³/mol. The molecule has 96 valence electrons. The summed E-state index contributed by atoms with van der Waals surface area (Å²) in [4.78, 5) is 1.93. The van der Waals surface area contributed by atoms with Gasteiger partial charge in [-0.25, -0.2) is 0 Å². The number of nitrogens with zero attached hydrogens (tertiary/aromatic N) is 1. The van der Waals surface area contributed by atoms with Crippen LogP contribution in [0.3, 0.4) is 0 Å². The van der Waals surface area contributed by atoms with E-state index >= 15 is 0 Å². The van der Waals surface area contributed by atoms with Gasteiger partial charge < -0.3 is 10.0 Å². The third kappa shape index (κ3) is 3.21. The molecular formula is C13H28N2O. The number of aliphatic hydroxyl groups is 1. The number of amidine groups is 1. The number of hydrogen-bond donors (Lipinski definition) is 2. The van der Waals surface area contributed by atoms with E-state index in [-0.39, 0.29) is 0 Å². The van der Waals surface area contributed by atoms with Crippen molar-refractivity contribution in [3.05, 3.63) is 0 Å². The highest BCUT2D eigenvalue weighted by Gasteiger charge is 2.43. The molecule has 2 N–H and O–H groups in total. The van der Waals surface area contributed by atoms with Gasteiger partial charge in [-0.1, -0.05) is 34.1 Å². The molecule has 0 amide bonds. The van der Waals surface area contributed by atoms with Crippen molar-refractivity contribution in [3.63, 3.8) is 0 Å². The van der Waals surface area contributed by atoms with Gasteiger partial charge in [0.15, 0.2) is 0 Å². The minimum atomic E-state index is -0.819. The number of hydrogen-bond acceptors (Lipinski definition) is 2. The molecular weight excluding hydrogens is 200 g/mol. The number of rotatable bonds is 6. The first-order valence-corrected chi connectivity index (χ1v) is 6.23. The van der Waals surface area contributed by atoms with Crippen LogP contribution in [-0.2, 0) is 0 Å². The lowest BCUT2D eigenvalue weighted by Crippen LogP contribution is -2.52. The zero-order valence-corrected chi connectivity index (χ0v) is 11.7. The molecule has 0 aliphatic heterocycles. The molecule has 16 heavy (non-hydrogen) atoms. The third-order valence-corrected chi connectivity index (χ3v) is 3.62. The van der Waals surface area contributed by atoms with E-state index in [9.17, 15) is 5.11 Å². The Morgan fingerprint density at radius 3 is 2.06 bits per heavy atom. The van der Waals surface area contributed by atoms with Crippen molar-refractivity contribution in [1.82, 2.24) is 4.90 Å². The van der Waals surface area contributed by atoms with Gasteiger partial charge in [0, 0.05) is 13.6 Å². The molecule has 0 saturated carbocycles. The highest BCUT2D eigenvalue weighted by atomic mass is 16.3.